The molecule has 0 aliphatic heterocycles. The summed E-state index contributed by atoms with van der Waals surface area (Å²) in [5.74, 6) is -1.14. The molecule has 0 unspecified atom stereocenters. The van der Waals surface area contributed by atoms with Gasteiger partial charge in [-0.2, -0.15) is 5.10 Å². The van der Waals surface area contributed by atoms with Crippen molar-refractivity contribution >= 4 is 56.8 Å². The lowest BCUT2D eigenvalue weighted by Gasteiger charge is -2.27. The van der Waals surface area contributed by atoms with Crippen LogP contribution in [-0.4, -0.2) is 68.0 Å². The number of methoxy groups -OCH3 is 1. The first-order valence-electron chi connectivity index (χ1n) is 20.1. The third kappa shape index (κ3) is 13.3. The van der Waals surface area contributed by atoms with Gasteiger partial charge >= 0.3 is 23.9 Å². The molecule has 0 spiro atoms. The van der Waals surface area contributed by atoms with Crippen molar-refractivity contribution in [1.29, 1.82) is 0 Å². The van der Waals surface area contributed by atoms with Crippen LogP contribution in [0.5, 0.6) is 11.5 Å². The Morgan fingerprint density at radius 1 is 0.862 bits per heavy atom. The first-order valence-corrected chi connectivity index (χ1v) is 20.9. The zero-order chi connectivity index (χ0) is 41.1. The summed E-state index contributed by atoms with van der Waals surface area (Å²) in [5, 5.41) is 7.39. The summed E-state index contributed by atoms with van der Waals surface area (Å²) < 4.78 is 28.5. The zero-order valence-corrected chi connectivity index (χ0v) is 34.2. The minimum absolute atomic E-state index is 0.290. The topological polar surface area (TPSA) is 143 Å². The average Bonchev–Trinajstić information content (AvgIpc) is 3.69. The van der Waals surface area contributed by atoms with Crippen molar-refractivity contribution in [2.24, 2.45) is 11.0 Å². The fourth-order valence-electron chi connectivity index (χ4n) is 6.50. The van der Waals surface area contributed by atoms with Crippen molar-refractivity contribution in [2.45, 2.75) is 90.1 Å². The summed E-state index contributed by atoms with van der Waals surface area (Å²) in [5.41, 5.74) is 2.06. The number of anilines is 1. The highest BCUT2D eigenvalue weighted by Gasteiger charge is 2.30. The number of aromatic nitrogens is 1. The predicted octanol–water partition coefficient (Wildman–Crippen LogP) is 9.49. The summed E-state index contributed by atoms with van der Waals surface area (Å²) >= 11 is 1.55. The summed E-state index contributed by atoms with van der Waals surface area (Å²) in [4.78, 5) is 54.8. The molecule has 58 heavy (non-hydrogen) atoms. The van der Waals surface area contributed by atoms with E-state index in [1.54, 1.807) is 60.0 Å². The number of ether oxygens (including phenoxy) is 5. The van der Waals surface area contributed by atoms with E-state index >= 15 is 0 Å². The molecule has 1 aliphatic carbocycles. The number of carbonyl (C=O) groups is 4. The Morgan fingerprint density at radius 2 is 1.59 bits per heavy atom. The summed E-state index contributed by atoms with van der Waals surface area (Å²) in [6, 6.07) is 19.6. The van der Waals surface area contributed by atoms with Crippen molar-refractivity contribution in [2.75, 3.05) is 31.9 Å². The van der Waals surface area contributed by atoms with Crippen molar-refractivity contribution in [3.63, 3.8) is 0 Å². The highest BCUT2D eigenvalue weighted by molar-refractivity contribution is 7.22. The van der Waals surface area contributed by atoms with E-state index in [-0.39, 0.29) is 18.0 Å². The number of benzene rings is 3. The van der Waals surface area contributed by atoms with E-state index < -0.39 is 17.9 Å². The molecular formula is C45H53N3O9S. The van der Waals surface area contributed by atoms with Crippen LogP contribution in [0.2, 0.25) is 0 Å². The van der Waals surface area contributed by atoms with Gasteiger partial charge in [0.1, 0.15) is 17.6 Å². The lowest BCUT2D eigenvalue weighted by molar-refractivity contribution is -0.140. The fourth-order valence-corrected chi connectivity index (χ4v) is 7.45. The van der Waals surface area contributed by atoms with Crippen LogP contribution in [0.1, 0.15) is 110 Å². The molecule has 5 rings (SSSR count). The van der Waals surface area contributed by atoms with Gasteiger partial charge in [0, 0.05) is 18.2 Å². The van der Waals surface area contributed by atoms with Gasteiger partial charge in [0.25, 0.3) is 0 Å². The number of hydrogen-bond acceptors (Lipinski definition) is 13. The number of rotatable bonds is 22. The van der Waals surface area contributed by atoms with Crippen molar-refractivity contribution in [3.8, 4) is 11.5 Å². The molecule has 1 fully saturated rings. The van der Waals surface area contributed by atoms with Crippen molar-refractivity contribution < 1.29 is 42.9 Å². The van der Waals surface area contributed by atoms with Crippen LogP contribution < -0.4 is 14.5 Å². The second-order valence-electron chi connectivity index (χ2n) is 14.1. The lowest BCUT2D eigenvalue weighted by atomic mass is 9.87. The van der Waals surface area contributed by atoms with E-state index in [0.29, 0.717) is 73.6 Å². The standard InChI is InChI=1S/C45H53N3O9S/c1-4-6-7-12-27-48(45-47-39-15-10-11-16-40(39)58-45)46-31-34-30-37(25-26-38(34)44(52)53-3)57-43(51)33-19-23-36(24-20-33)56-42(50)32-17-21-35(22-18-32)54-28-13-8-9-14-29-55-41(49)5-2/h5,10-11,15-18,21-22,25-26,30-31,33,36H,2,4,6-9,12-14,19-20,23-24,27-29H2,1,3H3/b46-31+. The molecule has 0 atom stereocenters. The van der Waals surface area contributed by atoms with Crippen LogP contribution in [0.15, 0.2) is 84.5 Å². The van der Waals surface area contributed by atoms with Gasteiger partial charge in [-0.05, 0) is 112 Å². The number of thiazole rings is 1. The number of fused-ring (bicyclic) bond motifs is 1. The maximum absolute atomic E-state index is 13.3. The van der Waals surface area contributed by atoms with E-state index in [1.165, 1.54) is 7.11 Å². The number of para-hydroxylation sites is 1. The zero-order valence-electron chi connectivity index (χ0n) is 33.4. The quantitative estimate of drug-likeness (QED) is 0.0142. The minimum atomic E-state index is -0.531. The summed E-state index contributed by atoms with van der Waals surface area (Å²) in [6.07, 6.45) is 12.3. The maximum Gasteiger partial charge on any atom is 0.338 e. The normalized spacial score (nSPS) is 15.1. The van der Waals surface area contributed by atoms with Gasteiger partial charge in [-0.3, -0.25) is 4.79 Å². The van der Waals surface area contributed by atoms with Crippen LogP contribution in [0.4, 0.5) is 5.13 Å². The van der Waals surface area contributed by atoms with E-state index in [9.17, 15) is 19.2 Å². The van der Waals surface area contributed by atoms with Gasteiger partial charge < -0.3 is 23.7 Å². The van der Waals surface area contributed by atoms with E-state index in [4.69, 9.17) is 33.8 Å². The Bertz CT molecular complexity index is 1970. The Morgan fingerprint density at radius 3 is 2.31 bits per heavy atom. The number of hydrazone groups is 1. The number of unbranched alkanes of at least 4 members (excludes halogenated alkanes) is 6. The molecule has 12 nitrogen and oxygen atoms in total. The number of hydrogen-bond donors (Lipinski definition) is 0. The monoisotopic (exact) mass is 811 g/mol. The van der Waals surface area contributed by atoms with Crippen LogP contribution in [0.25, 0.3) is 10.2 Å². The third-order valence-corrected chi connectivity index (χ3v) is 10.8. The molecule has 0 N–H and O–H groups in total. The second-order valence-corrected chi connectivity index (χ2v) is 15.1. The molecule has 1 heterocycles. The Hall–Kier alpha value is -5.56. The molecule has 1 saturated carbocycles. The van der Waals surface area contributed by atoms with Crippen molar-refractivity contribution in [1.82, 2.24) is 4.98 Å². The molecule has 13 heteroatoms. The van der Waals surface area contributed by atoms with Crippen LogP contribution in [0.3, 0.4) is 0 Å². The molecule has 0 radical (unpaired) electrons. The van der Waals surface area contributed by atoms with Gasteiger partial charge in [-0.15, -0.1) is 0 Å². The number of esters is 4. The summed E-state index contributed by atoms with van der Waals surface area (Å²) in [7, 11) is 1.32. The Kier molecular flexibility index (Phi) is 17.3. The van der Waals surface area contributed by atoms with Gasteiger partial charge in [0.2, 0.25) is 5.13 Å². The molecular weight excluding hydrogens is 759 g/mol. The van der Waals surface area contributed by atoms with E-state index in [2.05, 4.69) is 13.5 Å². The number of nitrogens with zero attached hydrogens (tertiary/aromatic N) is 3. The lowest BCUT2D eigenvalue weighted by Crippen LogP contribution is -2.30. The van der Waals surface area contributed by atoms with E-state index in [0.717, 1.165) is 72.8 Å². The molecule has 0 amide bonds. The van der Waals surface area contributed by atoms with Gasteiger partial charge in [-0.25, -0.2) is 24.4 Å². The van der Waals surface area contributed by atoms with Gasteiger partial charge in [0.05, 0.1) is 53.8 Å². The first-order chi connectivity index (χ1) is 28.3. The SMILES string of the molecule is C=CC(=O)OCCCCCCOc1ccc(C(=O)OC2CCC(C(=O)Oc3ccc(C(=O)OC)c(/C=N/N(CCCCCC)c4nc5ccccc5s4)c3)CC2)cc1. The smallest absolute Gasteiger partial charge is 0.338 e. The summed E-state index contributed by atoms with van der Waals surface area (Å²) in [6.45, 7) is 7.12. The van der Waals surface area contributed by atoms with Crippen LogP contribution in [0, 0.1) is 5.92 Å². The molecule has 308 valence electrons. The van der Waals surface area contributed by atoms with Crippen LogP contribution >= 0.6 is 11.3 Å². The molecule has 3 aromatic carbocycles. The second kappa shape index (κ2) is 23.0. The Balaban J connectivity index is 1.11. The molecule has 4 aromatic rings. The highest BCUT2D eigenvalue weighted by Crippen LogP contribution is 2.31. The predicted molar refractivity (Wildman–Crippen MR) is 225 cm³/mol. The maximum atomic E-state index is 13.3. The molecule has 0 bridgehead atoms. The molecule has 1 aromatic heterocycles. The first kappa shape index (κ1) is 43.6. The Labute approximate surface area is 344 Å². The van der Waals surface area contributed by atoms with Gasteiger partial charge in [0.15, 0.2) is 0 Å². The molecule has 1 aliphatic rings. The number of carbonyl (C=O) groups excluding carboxylic acids is 4. The van der Waals surface area contributed by atoms with E-state index in [1.807, 2.05) is 29.3 Å². The minimum Gasteiger partial charge on any atom is -0.494 e. The third-order valence-electron chi connectivity index (χ3n) is 9.80. The highest BCUT2D eigenvalue weighted by atomic mass is 32.1. The average molecular weight is 812 g/mol. The van der Waals surface area contributed by atoms with Crippen molar-refractivity contribution in [3.05, 3.63) is 96.1 Å². The molecule has 0 saturated heterocycles. The largest absolute Gasteiger partial charge is 0.494 e. The van der Waals surface area contributed by atoms with Gasteiger partial charge in [-0.1, -0.05) is 56.2 Å². The van der Waals surface area contributed by atoms with Crippen LogP contribution in [-0.2, 0) is 23.8 Å². The fraction of sp³-hybridized carbons (Fsp3) is 0.422.